The third-order valence-electron chi connectivity index (χ3n) is 3.25. The minimum atomic E-state index is -0.0825. The molecule has 0 fully saturated rings. The Morgan fingerprint density at radius 3 is 2.79 bits per heavy atom. The molecule has 0 saturated heterocycles. The van der Waals surface area contributed by atoms with Crippen LogP contribution in [0.1, 0.15) is 5.56 Å². The van der Waals surface area contributed by atoms with E-state index in [0.717, 1.165) is 16.6 Å². The predicted molar refractivity (Wildman–Crippen MR) is 76.5 cm³/mol. The molecule has 0 saturated carbocycles. The van der Waals surface area contributed by atoms with Gasteiger partial charge in [0, 0.05) is 28.9 Å². The van der Waals surface area contributed by atoms with Crippen LogP contribution in [0, 0.1) is 6.92 Å². The summed E-state index contributed by atoms with van der Waals surface area (Å²) >= 11 is 0. The van der Waals surface area contributed by atoms with E-state index >= 15 is 0 Å². The molecule has 0 aliphatic rings. The quantitative estimate of drug-likeness (QED) is 0.675. The number of fused-ring (bicyclic) bond motifs is 1. The monoisotopic (exact) mass is 251 g/mol. The smallest absolute Gasteiger partial charge is 0.263 e. The van der Waals surface area contributed by atoms with Gasteiger partial charge in [-0.3, -0.25) is 14.3 Å². The molecular weight excluding hydrogens is 238 g/mol. The highest BCUT2D eigenvalue weighted by atomic mass is 16.1. The first-order valence-corrected chi connectivity index (χ1v) is 5.99. The first-order chi connectivity index (χ1) is 9.18. The number of hydrogen-bond donors (Lipinski definition) is 1. The molecule has 1 aromatic carbocycles. The molecule has 3 aromatic rings. The van der Waals surface area contributed by atoms with Crippen LogP contribution in [0.5, 0.6) is 0 Å². The zero-order valence-corrected chi connectivity index (χ0v) is 10.5. The summed E-state index contributed by atoms with van der Waals surface area (Å²) in [6, 6.07) is 9.11. The number of anilines is 1. The summed E-state index contributed by atoms with van der Waals surface area (Å²) in [6.07, 6.45) is 5.14. The lowest BCUT2D eigenvalue weighted by atomic mass is 10.1. The maximum absolute atomic E-state index is 12.5. The molecule has 2 heterocycles. The van der Waals surface area contributed by atoms with Gasteiger partial charge in [0.25, 0.3) is 5.56 Å². The van der Waals surface area contributed by atoms with Gasteiger partial charge < -0.3 is 5.73 Å². The second-order valence-electron chi connectivity index (χ2n) is 4.46. The van der Waals surface area contributed by atoms with Crippen molar-refractivity contribution in [2.45, 2.75) is 6.92 Å². The van der Waals surface area contributed by atoms with Gasteiger partial charge in [-0.25, -0.2) is 0 Å². The maximum atomic E-state index is 12.5. The van der Waals surface area contributed by atoms with Crippen LogP contribution >= 0.6 is 0 Å². The van der Waals surface area contributed by atoms with Crippen molar-refractivity contribution >= 4 is 16.5 Å². The van der Waals surface area contributed by atoms with Crippen LogP contribution < -0.4 is 11.3 Å². The predicted octanol–water partition coefficient (Wildman–Crippen LogP) is 2.28. The van der Waals surface area contributed by atoms with Gasteiger partial charge >= 0.3 is 0 Å². The summed E-state index contributed by atoms with van der Waals surface area (Å²) in [6.45, 7) is 1.95. The summed E-state index contributed by atoms with van der Waals surface area (Å²) in [4.78, 5) is 16.6. The van der Waals surface area contributed by atoms with Gasteiger partial charge in [-0.05, 0) is 36.8 Å². The zero-order valence-electron chi connectivity index (χ0n) is 10.5. The number of nitrogens with two attached hydrogens (primary N) is 1. The van der Waals surface area contributed by atoms with E-state index in [9.17, 15) is 4.79 Å². The lowest BCUT2D eigenvalue weighted by Crippen LogP contribution is -2.18. The molecule has 94 valence electrons. The van der Waals surface area contributed by atoms with Gasteiger partial charge in [0.05, 0.1) is 11.9 Å². The van der Waals surface area contributed by atoms with Crippen LogP contribution in [-0.4, -0.2) is 9.55 Å². The molecule has 0 amide bonds. The molecule has 0 spiro atoms. The molecule has 19 heavy (non-hydrogen) atoms. The van der Waals surface area contributed by atoms with E-state index in [2.05, 4.69) is 4.98 Å². The Labute approximate surface area is 110 Å². The van der Waals surface area contributed by atoms with Crippen LogP contribution in [0.25, 0.3) is 16.5 Å². The van der Waals surface area contributed by atoms with Gasteiger partial charge in [0.1, 0.15) is 0 Å². The van der Waals surface area contributed by atoms with Crippen molar-refractivity contribution in [3.63, 3.8) is 0 Å². The van der Waals surface area contributed by atoms with Crippen LogP contribution in [-0.2, 0) is 0 Å². The lowest BCUT2D eigenvalue weighted by molar-refractivity contribution is 0.980. The SMILES string of the molecule is Cc1ccncc1-n1ccc2c(N)cccc2c1=O. The van der Waals surface area contributed by atoms with Crippen molar-refractivity contribution in [2.75, 3.05) is 5.73 Å². The summed E-state index contributed by atoms with van der Waals surface area (Å²) < 4.78 is 1.60. The first kappa shape index (κ1) is 11.5. The summed E-state index contributed by atoms with van der Waals surface area (Å²) in [5.41, 5.74) is 8.21. The van der Waals surface area contributed by atoms with Gasteiger partial charge in [-0.1, -0.05) is 6.07 Å². The Balaban J connectivity index is 2.37. The Morgan fingerprint density at radius 1 is 1.16 bits per heavy atom. The number of hydrogen-bond acceptors (Lipinski definition) is 3. The Hall–Kier alpha value is -2.62. The molecule has 0 aliphatic carbocycles. The molecule has 4 nitrogen and oxygen atoms in total. The van der Waals surface area contributed by atoms with Crippen LogP contribution in [0.3, 0.4) is 0 Å². The highest BCUT2D eigenvalue weighted by Gasteiger charge is 2.07. The third kappa shape index (κ3) is 1.78. The molecular formula is C15H13N3O. The first-order valence-electron chi connectivity index (χ1n) is 5.99. The Bertz CT molecular complexity index is 821. The lowest BCUT2D eigenvalue weighted by Gasteiger charge is -2.10. The highest BCUT2D eigenvalue weighted by Crippen LogP contribution is 2.19. The van der Waals surface area contributed by atoms with E-state index in [0.29, 0.717) is 11.1 Å². The number of benzene rings is 1. The van der Waals surface area contributed by atoms with Crippen LogP contribution in [0.15, 0.2) is 53.7 Å². The van der Waals surface area contributed by atoms with Crippen LogP contribution in [0.4, 0.5) is 5.69 Å². The summed E-state index contributed by atoms with van der Waals surface area (Å²) in [5.74, 6) is 0. The fourth-order valence-electron chi connectivity index (χ4n) is 2.20. The molecule has 0 bridgehead atoms. The molecule has 0 radical (unpaired) electrons. The molecule has 0 atom stereocenters. The Kier molecular flexibility index (Phi) is 2.56. The van der Waals surface area contributed by atoms with Crippen molar-refractivity contribution in [1.82, 2.24) is 9.55 Å². The number of pyridine rings is 2. The van der Waals surface area contributed by atoms with Crippen LogP contribution in [0.2, 0.25) is 0 Å². The second-order valence-corrected chi connectivity index (χ2v) is 4.46. The minimum Gasteiger partial charge on any atom is -0.398 e. The largest absolute Gasteiger partial charge is 0.398 e. The average molecular weight is 251 g/mol. The Morgan fingerprint density at radius 2 is 2.00 bits per heavy atom. The van der Waals surface area contributed by atoms with Crippen molar-refractivity contribution < 1.29 is 0 Å². The van der Waals surface area contributed by atoms with E-state index in [1.807, 2.05) is 19.1 Å². The van der Waals surface area contributed by atoms with Gasteiger partial charge in [-0.2, -0.15) is 0 Å². The topological polar surface area (TPSA) is 60.9 Å². The number of aromatic nitrogens is 2. The fraction of sp³-hybridized carbons (Fsp3) is 0.0667. The fourth-order valence-corrected chi connectivity index (χ4v) is 2.20. The second kappa shape index (κ2) is 4.24. The van der Waals surface area contributed by atoms with Crippen molar-refractivity contribution in [3.05, 3.63) is 64.8 Å². The standard InChI is InChI=1S/C15H13N3O/c1-10-5-7-17-9-14(10)18-8-6-11-12(15(18)19)3-2-4-13(11)16/h2-9H,16H2,1H3. The number of rotatable bonds is 1. The van der Waals surface area contributed by atoms with Gasteiger partial charge in [0.2, 0.25) is 0 Å². The minimum absolute atomic E-state index is 0.0825. The highest BCUT2D eigenvalue weighted by molar-refractivity contribution is 5.92. The van der Waals surface area contributed by atoms with Gasteiger partial charge in [-0.15, -0.1) is 0 Å². The van der Waals surface area contributed by atoms with Crippen molar-refractivity contribution in [1.29, 1.82) is 0 Å². The number of aryl methyl sites for hydroxylation is 1. The van der Waals surface area contributed by atoms with E-state index < -0.39 is 0 Å². The molecule has 3 rings (SSSR count). The molecule has 0 aliphatic heterocycles. The summed E-state index contributed by atoms with van der Waals surface area (Å²) in [5, 5.41) is 1.40. The van der Waals surface area contributed by atoms with E-state index in [-0.39, 0.29) is 5.56 Å². The number of nitrogen functional groups attached to an aromatic ring is 1. The van der Waals surface area contributed by atoms with Crippen molar-refractivity contribution in [3.8, 4) is 5.69 Å². The molecule has 2 aromatic heterocycles. The number of nitrogens with zero attached hydrogens (tertiary/aromatic N) is 2. The summed E-state index contributed by atoms with van der Waals surface area (Å²) in [7, 11) is 0. The average Bonchev–Trinajstić information content (AvgIpc) is 2.41. The van der Waals surface area contributed by atoms with E-state index in [1.165, 1.54) is 0 Å². The molecule has 4 heteroatoms. The normalized spacial score (nSPS) is 10.8. The van der Waals surface area contributed by atoms with E-state index in [4.69, 9.17) is 5.73 Å². The third-order valence-corrected chi connectivity index (χ3v) is 3.25. The van der Waals surface area contributed by atoms with Gasteiger partial charge in [0.15, 0.2) is 0 Å². The molecule has 2 N–H and O–H groups in total. The van der Waals surface area contributed by atoms with Crippen molar-refractivity contribution in [2.24, 2.45) is 0 Å². The zero-order chi connectivity index (χ0) is 13.4. The molecule has 0 unspecified atom stereocenters. The maximum Gasteiger partial charge on any atom is 0.263 e. The van der Waals surface area contributed by atoms with E-state index in [1.54, 1.807) is 41.4 Å².